The topological polar surface area (TPSA) is 124 Å². The van der Waals surface area contributed by atoms with Crippen LogP contribution in [0.2, 0.25) is 0 Å². The van der Waals surface area contributed by atoms with Crippen LogP contribution in [0.15, 0.2) is 57.2 Å². The van der Waals surface area contributed by atoms with E-state index < -0.39 is 18.0 Å². The normalized spacial score (nSPS) is 16.1. The van der Waals surface area contributed by atoms with Crippen LogP contribution < -0.4 is 10.6 Å². The molecule has 0 saturated heterocycles. The zero-order chi connectivity index (χ0) is 23.8. The van der Waals surface area contributed by atoms with Crippen molar-refractivity contribution in [1.29, 1.82) is 0 Å². The highest BCUT2D eigenvalue weighted by Gasteiger charge is 2.35. The van der Waals surface area contributed by atoms with Gasteiger partial charge in [-0.2, -0.15) is 4.52 Å². The first kappa shape index (κ1) is 22.0. The fraction of sp³-hybridized carbons (Fsp3) is 0.261. The number of esters is 1. The van der Waals surface area contributed by atoms with Gasteiger partial charge in [-0.25, -0.2) is 19.6 Å². The van der Waals surface area contributed by atoms with E-state index in [-0.39, 0.29) is 17.9 Å². The van der Waals surface area contributed by atoms with E-state index in [9.17, 15) is 9.59 Å². The average Bonchev–Trinajstić information content (AvgIpc) is 3.42. The fourth-order valence-corrected chi connectivity index (χ4v) is 4.78. The molecule has 5 rings (SSSR count). The van der Waals surface area contributed by atoms with Gasteiger partial charge in [0.05, 0.1) is 17.7 Å². The number of para-hydroxylation sites is 1. The maximum Gasteiger partial charge on any atom is 0.338 e. The van der Waals surface area contributed by atoms with Gasteiger partial charge < -0.3 is 19.8 Å². The van der Waals surface area contributed by atoms with Crippen molar-refractivity contribution in [3.8, 4) is 0 Å². The number of amides is 2. The van der Waals surface area contributed by atoms with Gasteiger partial charge in [-0.15, -0.1) is 5.10 Å². The minimum Gasteiger partial charge on any atom is -0.464 e. The van der Waals surface area contributed by atoms with Crippen molar-refractivity contribution in [3.05, 3.63) is 65.0 Å². The predicted octanol–water partition coefficient (Wildman–Crippen LogP) is 3.45. The highest BCUT2D eigenvalue weighted by Crippen LogP contribution is 2.32. The quantitative estimate of drug-likeness (QED) is 0.245. The molecule has 2 amide bonds. The molecule has 4 heterocycles. The number of benzene rings is 1. The van der Waals surface area contributed by atoms with E-state index in [1.165, 1.54) is 11.8 Å². The molecule has 0 fully saturated rings. The van der Waals surface area contributed by atoms with E-state index in [0.717, 1.165) is 10.9 Å². The molecule has 1 aliphatic heterocycles. The summed E-state index contributed by atoms with van der Waals surface area (Å²) in [4.78, 5) is 34.7. The monoisotopic (exact) mass is 478 g/mol. The first-order valence-electron chi connectivity index (χ1n) is 10.7. The Bertz CT molecular complexity index is 1460. The molecule has 0 radical (unpaired) electrons. The van der Waals surface area contributed by atoms with Crippen LogP contribution in [0.1, 0.15) is 30.3 Å². The largest absolute Gasteiger partial charge is 0.464 e. The zero-order valence-electron chi connectivity index (χ0n) is 18.8. The summed E-state index contributed by atoms with van der Waals surface area (Å²) >= 11 is 1.34. The number of urea groups is 1. The number of carbonyl (C=O) groups excluding carboxylic acids is 2. The summed E-state index contributed by atoms with van der Waals surface area (Å²) in [6, 6.07) is 10.0. The van der Waals surface area contributed by atoms with Crippen LogP contribution in [0.4, 0.5) is 4.79 Å². The van der Waals surface area contributed by atoms with Gasteiger partial charge in [-0.1, -0.05) is 23.9 Å². The fourth-order valence-electron chi connectivity index (χ4n) is 3.87. The zero-order valence-corrected chi connectivity index (χ0v) is 19.6. The van der Waals surface area contributed by atoms with Crippen LogP contribution in [-0.4, -0.2) is 43.9 Å². The van der Waals surface area contributed by atoms with Crippen LogP contribution in [0.25, 0.3) is 16.6 Å². The number of nitrogens with zero attached hydrogens (tertiary/aromatic N) is 4. The molecule has 10 nitrogen and oxygen atoms in total. The lowest BCUT2D eigenvalue weighted by atomic mass is 10.0. The Morgan fingerprint density at radius 2 is 2.03 bits per heavy atom. The van der Waals surface area contributed by atoms with E-state index in [2.05, 4.69) is 20.7 Å². The Balaban J connectivity index is 1.56. The van der Waals surface area contributed by atoms with Gasteiger partial charge in [0, 0.05) is 16.8 Å². The van der Waals surface area contributed by atoms with Gasteiger partial charge in [0.2, 0.25) is 0 Å². The van der Waals surface area contributed by atoms with E-state index in [4.69, 9.17) is 14.1 Å². The van der Waals surface area contributed by atoms with Crippen LogP contribution in [0, 0.1) is 13.8 Å². The second-order valence-electron chi connectivity index (χ2n) is 7.69. The summed E-state index contributed by atoms with van der Waals surface area (Å²) in [7, 11) is 0. The maximum atomic E-state index is 12.9. The molecule has 0 saturated carbocycles. The summed E-state index contributed by atoms with van der Waals surface area (Å²) in [5, 5.41) is 11.5. The number of hydrogen-bond acceptors (Lipinski definition) is 8. The van der Waals surface area contributed by atoms with Crippen molar-refractivity contribution in [2.75, 3.05) is 12.4 Å². The lowest BCUT2D eigenvalue weighted by Crippen LogP contribution is -2.46. The molecule has 34 heavy (non-hydrogen) atoms. The minimum atomic E-state index is -0.768. The molecule has 1 aromatic carbocycles. The van der Waals surface area contributed by atoms with E-state index in [1.807, 2.05) is 31.2 Å². The number of carbonyl (C=O) groups is 2. The molecule has 3 aromatic heterocycles. The molecule has 0 aliphatic carbocycles. The molecule has 0 unspecified atom stereocenters. The van der Waals surface area contributed by atoms with E-state index in [1.54, 1.807) is 30.5 Å². The Morgan fingerprint density at radius 1 is 1.21 bits per heavy atom. The number of thioether (sulfide) groups is 1. The van der Waals surface area contributed by atoms with Gasteiger partial charge in [-0.3, -0.25) is 0 Å². The first-order valence-corrected chi connectivity index (χ1v) is 11.7. The second kappa shape index (κ2) is 8.82. The van der Waals surface area contributed by atoms with Gasteiger partial charge >= 0.3 is 12.0 Å². The van der Waals surface area contributed by atoms with Crippen molar-refractivity contribution in [1.82, 2.24) is 30.2 Å². The van der Waals surface area contributed by atoms with Crippen LogP contribution in [0.5, 0.6) is 0 Å². The number of aryl methyl sites for hydroxylation is 2. The van der Waals surface area contributed by atoms with Gasteiger partial charge in [0.15, 0.2) is 10.8 Å². The average molecular weight is 479 g/mol. The number of hydrogen-bond donors (Lipinski definition) is 2. The van der Waals surface area contributed by atoms with Crippen molar-refractivity contribution in [3.63, 3.8) is 0 Å². The maximum absolute atomic E-state index is 12.9. The number of ether oxygens (including phenoxy) is 1. The molecule has 0 bridgehead atoms. The molecule has 1 atom stereocenters. The number of furan rings is 1. The van der Waals surface area contributed by atoms with E-state index in [0.29, 0.717) is 33.8 Å². The van der Waals surface area contributed by atoms with Gasteiger partial charge in [-0.05, 0) is 45.0 Å². The Labute approximate surface area is 198 Å². The van der Waals surface area contributed by atoms with Crippen LogP contribution in [-0.2, 0) is 9.53 Å². The van der Waals surface area contributed by atoms with E-state index >= 15 is 0 Å². The molecular weight excluding hydrogens is 456 g/mol. The smallest absolute Gasteiger partial charge is 0.338 e. The van der Waals surface area contributed by atoms with Crippen molar-refractivity contribution in [2.45, 2.75) is 32.0 Å². The molecule has 174 valence electrons. The Hall–Kier alpha value is -3.86. The van der Waals surface area contributed by atoms with Crippen LogP contribution in [0.3, 0.4) is 0 Å². The first-order chi connectivity index (χ1) is 16.4. The van der Waals surface area contributed by atoms with Crippen LogP contribution >= 0.6 is 11.8 Å². The molecule has 2 N–H and O–H groups in total. The minimum absolute atomic E-state index is 0.200. The molecule has 4 aromatic rings. The third-order valence-corrected chi connectivity index (χ3v) is 6.25. The number of aromatic nitrogens is 4. The lowest BCUT2D eigenvalue weighted by Gasteiger charge is -2.27. The predicted molar refractivity (Wildman–Crippen MR) is 125 cm³/mol. The summed E-state index contributed by atoms with van der Waals surface area (Å²) in [5.41, 5.74) is 2.19. The molecule has 0 spiro atoms. The molecule has 1 aliphatic rings. The summed E-state index contributed by atoms with van der Waals surface area (Å²) in [6.07, 6.45) is 0. The summed E-state index contributed by atoms with van der Waals surface area (Å²) < 4.78 is 12.7. The molecule has 11 heteroatoms. The standard InChI is InChI=1S/C23H22N6O4S/c1-4-32-21(30)18-16(25-22(31)27-19(18)17-10-9-12(2)33-17)11-34-23-26-15-8-6-5-7-14(15)20-24-13(3)28-29(20)23/h5-10,19H,4,11H2,1-3H3,(H2,25,27,31)/t19-/m0/s1. The lowest BCUT2D eigenvalue weighted by molar-refractivity contribution is -0.139. The third kappa shape index (κ3) is 3.98. The van der Waals surface area contributed by atoms with Gasteiger partial charge in [0.1, 0.15) is 23.4 Å². The van der Waals surface area contributed by atoms with Gasteiger partial charge in [0.25, 0.3) is 0 Å². The van der Waals surface area contributed by atoms with Crippen molar-refractivity contribution in [2.24, 2.45) is 0 Å². The summed E-state index contributed by atoms with van der Waals surface area (Å²) in [5.74, 6) is 1.46. The van der Waals surface area contributed by atoms with Crippen molar-refractivity contribution < 1.29 is 18.7 Å². The highest BCUT2D eigenvalue weighted by atomic mass is 32.2. The SMILES string of the molecule is CCOC(=O)C1=C(CSc2nc3ccccc3c3nc(C)nn23)NC(=O)N[C@H]1c1ccc(C)o1. The Kier molecular flexibility index (Phi) is 5.70. The summed E-state index contributed by atoms with van der Waals surface area (Å²) in [6.45, 7) is 5.55. The highest BCUT2D eigenvalue weighted by molar-refractivity contribution is 7.99. The third-order valence-electron chi connectivity index (χ3n) is 5.30. The number of nitrogens with one attached hydrogen (secondary N) is 2. The number of rotatable bonds is 6. The number of fused-ring (bicyclic) bond motifs is 3. The molecular formula is C23H22N6O4S. The Morgan fingerprint density at radius 3 is 2.79 bits per heavy atom. The second-order valence-corrected chi connectivity index (χ2v) is 8.63. The van der Waals surface area contributed by atoms with Crippen molar-refractivity contribution >= 4 is 40.3 Å².